The minimum atomic E-state index is 0.721. The van der Waals surface area contributed by atoms with Gasteiger partial charge in [0.05, 0.1) is 0 Å². The molecule has 0 amide bonds. The van der Waals surface area contributed by atoms with Crippen molar-refractivity contribution < 1.29 is 0 Å². The van der Waals surface area contributed by atoms with Gasteiger partial charge in [0.2, 0.25) is 0 Å². The van der Waals surface area contributed by atoms with Crippen molar-refractivity contribution in [3.63, 3.8) is 0 Å². The molecule has 0 bridgehead atoms. The third-order valence-electron chi connectivity index (χ3n) is 3.95. The molecule has 94 valence electrons. The topological polar surface area (TPSA) is 24.9 Å². The van der Waals surface area contributed by atoms with Gasteiger partial charge in [-0.15, -0.1) is 0 Å². The zero-order valence-electron chi connectivity index (χ0n) is 11.1. The fourth-order valence-electron chi connectivity index (χ4n) is 2.75. The van der Waals surface area contributed by atoms with Crippen molar-refractivity contribution in [2.75, 3.05) is 0 Å². The quantitative estimate of drug-likeness (QED) is 0.860. The van der Waals surface area contributed by atoms with E-state index < -0.39 is 0 Å². The Kier molecular flexibility index (Phi) is 4.55. The SMILES string of the molecule is CCC1CCC(NCc2cncc(C)c2)CC1. The molecule has 0 spiro atoms. The highest BCUT2D eigenvalue weighted by Crippen LogP contribution is 2.26. The molecule has 1 saturated carbocycles. The Bertz CT molecular complexity index is 341. The average Bonchev–Trinajstić information content (AvgIpc) is 2.37. The molecule has 0 radical (unpaired) electrons. The summed E-state index contributed by atoms with van der Waals surface area (Å²) in [7, 11) is 0. The Morgan fingerprint density at radius 1 is 1.24 bits per heavy atom. The van der Waals surface area contributed by atoms with Crippen molar-refractivity contribution >= 4 is 0 Å². The molecule has 2 rings (SSSR count). The summed E-state index contributed by atoms with van der Waals surface area (Å²) >= 11 is 0. The van der Waals surface area contributed by atoms with Crippen LogP contribution in [-0.2, 0) is 6.54 Å². The number of hydrogen-bond donors (Lipinski definition) is 1. The van der Waals surface area contributed by atoms with Crippen LogP contribution in [0.5, 0.6) is 0 Å². The van der Waals surface area contributed by atoms with Crippen LogP contribution in [0.4, 0.5) is 0 Å². The highest BCUT2D eigenvalue weighted by Gasteiger charge is 2.19. The molecule has 1 heterocycles. The first kappa shape index (κ1) is 12.6. The van der Waals surface area contributed by atoms with Crippen molar-refractivity contribution in [1.82, 2.24) is 10.3 Å². The normalized spacial score (nSPS) is 24.8. The highest BCUT2D eigenvalue weighted by molar-refractivity contribution is 5.16. The molecule has 0 saturated heterocycles. The smallest absolute Gasteiger partial charge is 0.0313 e. The van der Waals surface area contributed by atoms with Gasteiger partial charge in [0.25, 0.3) is 0 Å². The van der Waals surface area contributed by atoms with Crippen LogP contribution < -0.4 is 5.32 Å². The van der Waals surface area contributed by atoms with Gasteiger partial charge in [-0.3, -0.25) is 4.98 Å². The second-order valence-corrected chi connectivity index (χ2v) is 5.38. The van der Waals surface area contributed by atoms with Crippen LogP contribution in [0.1, 0.15) is 50.2 Å². The number of nitrogens with one attached hydrogen (secondary N) is 1. The summed E-state index contributed by atoms with van der Waals surface area (Å²) in [6, 6.07) is 2.94. The van der Waals surface area contributed by atoms with Crippen LogP contribution in [0.3, 0.4) is 0 Å². The molecule has 0 unspecified atom stereocenters. The van der Waals surface area contributed by atoms with Crippen molar-refractivity contribution in [2.24, 2.45) is 5.92 Å². The predicted octanol–water partition coefficient (Wildman–Crippen LogP) is 3.45. The van der Waals surface area contributed by atoms with E-state index in [-0.39, 0.29) is 0 Å². The van der Waals surface area contributed by atoms with Crippen LogP contribution >= 0.6 is 0 Å². The van der Waals surface area contributed by atoms with Crippen LogP contribution in [0.15, 0.2) is 18.5 Å². The number of aryl methyl sites for hydroxylation is 1. The lowest BCUT2D eigenvalue weighted by molar-refractivity contribution is 0.285. The molecule has 1 fully saturated rings. The summed E-state index contributed by atoms with van der Waals surface area (Å²) < 4.78 is 0. The standard InChI is InChI=1S/C15H24N2/c1-3-13-4-6-15(7-5-13)17-11-14-8-12(2)9-16-10-14/h8-10,13,15,17H,3-7,11H2,1-2H3. The molecular formula is C15H24N2. The van der Waals surface area contributed by atoms with Crippen LogP contribution in [-0.4, -0.2) is 11.0 Å². The van der Waals surface area contributed by atoms with E-state index in [0.29, 0.717) is 0 Å². The molecule has 2 heteroatoms. The Hall–Kier alpha value is -0.890. The molecule has 0 aliphatic heterocycles. The minimum absolute atomic E-state index is 0.721. The van der Waals surface area contributed by atoms with Gasteiger partial charge in [-0.05, 0) is 49.7 Å². The van der Waals surface area contributed by atoms with E-state index in [2.05, 4.69) is 30.2 Å². The number of nitrogens with zero attached hydrogens (tertiary/aromatic N) is 1. The lowest BCUT2D eigenvalue weighted by Gasteiger charge is -2.28. The second-order valence-electron chi connectivity index (χ2n) is 5.38. The van der Waals surface area contributed by atoms with E-state index in [9.17, 15) is 0 Å². The van der Waals surface area contributed by atoms with Gasteiger partial charge >= 0.3 is 0 Å². The molecule has 2 nitrogen and oxygen atoms in total. The van der Waals surface area contributed by atoms with E-state index in [1.54, 1.807) is 0 Å². The zero-order valence-corrected chi connectivity index (χ0v) is 11.1. The van der Waals surface area contributed by atoms with Gasteiger partial charge in [0.1, 0.15) is 0 Å². The Morgan fingerprint density at radius 3 is 2.65 bits per heavy atom. The van der Waals surface area contributed by atoms with E-state index in [4.69, 9.17) is 0 Å². The third kappa shape index (κ3) is 3.81. The van der Waals surface area contributed by atoms with Gasteiger partial charge in [-0.25, -0.2) is 0 Å². The lowest BCUT2D eigenvalue weighted by atomic mass is 9.84. The average molecular weight is 232 g/mol. The van der Waals surface area contributed by atoms with Crippen molar-refractivity contribution in [3.8, 4) is 0 Å². The van der Waals surface area contributed by atoms with Gasteiger partial charge in [0, 0.05) is 25.0 Å². The van der Waals surface area contributed by atoms with Gasteiger partial charge in [-0.2, -0.15) is 0 Å². The van der Waals surface area contributed by atoms with Gasteiger partial charge < -0.3 is 5.32 Å². The van der Waals surface area contributed by atoms with Crippen molar-refractivity contribution in [2.45, 2.75) is 58.5 Å². The van der Waals surface area contributed by atoms with Crippen LogP contribution in [0.2, 0.25) is 0 Å². The first-order valence-corrected chi connectivity index (χ1v) is 6.92. The van der Waals surface area contributed by atoms with Crippen LogP contribution in [0, 0.1) is 12.8 Å². The molecule has 0 atom stereocenters. The largest absolute Gasteiger partial charge is 0.310 e. The molecule has 1 N–H and O–H groups in total. The van der Waals surface area contributed by atoms with E-state index in [1.165, 1.54) is 43.2 Å². The summed E-state index contributed by atoms with van der Waals surface area (Å²) in [6.07, 6.45) is 10.7. The Balaban J connectivity index is 1.76. The highest BCUT2D eigenvalue weighted by atomic mass is 14.9. The van der Waals surface area contributed by atoms with Crippen molar-refractivity contribution in [3.05, 3.63) is 29.6 Å². The monoisotopic (exact) mass is 232 g/mol. The number of pyridine rings is 1. The zero-order chi connectivity index (χ0) is 12.1. The molecule has 1 aromatic rings. The summed E-state index contributed by atoms with van der Waals surface area (Å²) in [5.41, 5.74) is 2.56. The molecule has 1 aliphatic carbocycles. The summed E-state index contributed by atoms with van der Waals surface area (Å²) in [5.74, 6) is 0.980. The fourth-order valence-corrected chi connectivity index (χ4v) is 2.75. The first-order valence-electron chi connectivity index (χ1n) is 6.92. The van der Waals surface area contributed by atoms with Crippen LogP contribution in [0.25, 0.3) is 0 Å². The summed E-state index contributed by atoms with van der Waals surface area (Å²) in [4.78, 5) is 4.23. The third-order valence-corrected chi connectivity index (χ3v) is 3.95. The van der Waals surface area contributed by atoms with Gasteiger partial charge in [-0.1, -0.05) is 19.4 Å². The molecule has 0 aromatic carbocycles. The maximum Gasteiger partial charge on any atom is 0.0313 e. The van der Waals surface area contributed by atoms with E-state index in [0.717, 1.165) is 18.5 Å². The van der Waals surface area contributed by atoms with E-state index >= 15 is 0 Å². The van der Waals surface area contributed by atoms with Crippen molar-refractivity contribution in [1.29, 1.82) is 0 Å². The molecule has 17 heavy (non-hydrogen) atoms. The fraction of sp³-hybridized carbons (Fsp3) is 0.667. The number of hydrogen-bond acceptors (Lipinski definition) is 2. The summed E-state index contributed by atoms with van der Waals surface area (Å²) in [5, 5.41) is 3.67. The second kappa shape index (κ2) is 6.15. The van der Waals surface area contributed by atoms with Gasteiger partial charge in [0.15, 0.2) is 0 Å². The number of aromatic nitrogens is 1. The minimum Gasteiger partial charge on any atom is -0.310 e. The Morgan fingerprint density at radius 2 is 2.00 bits per heavy atom. The van der Waals surface area contributed by atoms with E-state index in [1.807, 2.05) is 12.4 Å². The Labute approximate surface area is 105 Å². The predicted molar refractivity (Wildman–Crippen MR) is 71.9 cm³/mol. The lowest BCUT2D eigenvalue weighted by Crippen LogP contribution is -2.32. The maximum absolute atomic E-state index is 4.23. The maximum atomic E-state index is 4.23. The molecule has 1 aliphatic rings. The molecular weight excluding hydrogens is 208 g/mol. The summed E-state index contributed by atoms with van der Waals surface area (Å²) in [6.45, 7) is 5.38. The first-order chi connectivity index (χ1) is 8.28. The molecule has 1 aromatic heterocycles. The number of rotatable bonds is 4.